The van der Waals surface area contributed by atoms with Crippen molar-refractivity contribution in [2.45, 2.75) is 6.92 Å². The molecule has 0 atom stereocenters. The number of carbonyl (C=O) groups excluding carboxylic acids is 1. The molecule has 26 heavy (non-hydrogen) atoms. The van der Waals surface area contributed by atoms with E-state index in [-0.39, 0.29) is 5.91 Å². The predicted octanol–water partition coefficient (Wildman–Crippen LogP) is 3.53. The summed E-state index contributed by atoms with van der Waals surface area (Å²) in [5.41, 5.74) is 4.59. The second-order valence-electron chi connectivity index (χ2n) is 5.35. The maximum Gasteiger partial charge on any atom is 0.271 e. The van der Waals surface area contributed by atoms with E-state index in [1.165, 1.54) is 21.3 Å². The van der Waals surface area contributed by atoms with Crippen molar-refractivity contribution in [3.8, 4) is 17.2 Å². The lowest BCUT2D eigenvalue weighted by atomic mass is 10.1. The van der Waals surface area contributed by atoms with Gasteiger partial charge in [0.2, 0.25) is 5.75 Å². The normalized spacial score (nSPS) is 11.3. The quantitative estimate of drug-likeness (QED) is 0.610. The van der Waals surface area contributed by atoms with Gasteiger partial charge in [-0.15, -0.1) is 0 Å². The second kappa shape index (κ2) is 9.27. The third-order valence-electron chi connectivity index (χ3n) is 3.58. The van der Waals surface area contributed by atoms with E-state index in [2.05, 4.69) is 10.5 Å². The number of hydrazone groups is 1. The lowest BCUT2D eigenvalue weighted by molar-refractivity contribution is 0.0954. The average molecular weight is 354 g/mol. The molecule has 0 saturated carbocycles. The molecule has 0 saturated heterocycles. The van der Waals surface area contributed by atoms with Crippen LogP contribution in [0.4, 0.5) is 0 Å². The Kier molecular flexibility index (Phi) is 6.79. The molecule has 0 aliphatic carbocycles. The van der Waals surface area contributed by atoms with Gasteiger partial charge in [0, 0.05) is 5.56 Å². The third kappa shape index (κ3) is 4.86. The predicted molar refractivity (Wildman–Crippen MR) is 102 cm³/mol. The van der Waals surface area contributed by atoms with Crippen molar-refractivity contribution in [3.05, 3.63) is 59.7 Å². The first kappa shape index (κ1) is 19.1. The van der Waals surface area contributed by atoms with Crippen molar-refractivity contribution in [1.82, 2.24) is 5.43 Å². The molecule has 0 aromatic heterocycles. The number of carbonyl (C=O) groups is 1. The molecule has 0 radical (unpaired) electrons. The van der Waals surface area contributed by atoms with Gasteiger partial charge in [-0.1, -0.05) is 36.4 Å². The van der Waals surface area contributed by atoms with Crippen LogP contribution < -0.4 is 19.6 Å². The maximum absolute atomic E-state index is 12.4. The van der Waals surface area contributed by atoms with E-state index in [0.29, 0.717) is 28.5 Å². The van der Waals surface area contributed by atoms with Crippen LogP contribution in [0.15, 0.2) is 53.6 Å². The number of nitrogens with one attached hydrogen (secondary N) is 1. The number of ether oxygens (including phenoxy) is 3. The largest absolute Gasteiger partial charge is 0.493 e. The number of rotatable bonds is 7. The molecule has 0 spiro atoms. The molecule has 2 aromatic rings. The number of allylic oxidation sites excluding steroid dienone is 1. The van der Waals surface area contributed by atoms with Gasteiger partial charge in [0.05, 0.1) is 27.0 Å². The van der Waals surface area contributed by atoms with Gasteiger partial charge in [0.15, 0.2) is 11.5 Å². The van der Waals surface area contributed by atoms with Crippen LogP contribution in [0, 0.1) is 0 Å². The highest BCUT2D eigenvalue weighted by molar-refractivity contribution is 5.99. The van der Waals surface area contributed by atoms with Gasteiger partial charge < -0.3 is 14.2 Å². The molecule has 2 aromatic carbocycles. The van der Waals surface area contributed by atoms with Crippen molar-refractivity contribution in [3.63, 3.8) is 0 Å². The Hall–Kier alpha value is -3.28. The average Bonchev–Trinajstić information content (AvgIpc) is 2.69. The number of benzene rings is 2. The molecule has 0 heterocycles. The first-order valence-corrected chi connectivity index (χ1v) is 7.96. The summed E-state index contributed by atoms with van der Waals surface area (Å²) < 4.78 is 15.7. The fraction of sp³-hybridized carbons (Fsp3) is 0.200. The molecule has 0 aliphatic heterocycles. The summed E-state index contributed by atoms with van der Waals surface area (Å²) in [4.78, 5) is 12.4. The highest BCUT2D eigenvalue weighted by Gasteiger charge is 2.16. The maximum atomic E-state index is 12.4. The van der Waals surface area contributed by atoms with Crippen molar-refractivity contribution in [1.29, 1.82) is 0 Å². The Morgan fingerprint density at radius 2 is 1.62 bits per heavy atom. The van der Waals surface area contributed by atoms with Crippen molar-refractivity contribution in [2.75, 3.05) is 21.3 Å². The lowest BCUT2D eigenvalue weighted by Gasteiger charge is -2.13. The lowest BCUT2D eigenvalue weighted by Crippen LogP contribution is -2.19. The Morgan fingerprint density at radius 1 is 1.00 bits per heavy atom. The molecule has 2 rings (SSSR count). The summed E-state index contributed by atoms with van der Waals surface area (Å²) in [6.45, 7) is 1.80. The summed E-state index contributed by atoms with van der Waals surface area (Å²) in [5, 5.41) is 4.09. The van der Waals surface area contributed by atoms with E-state index in [4.69, 9.17) is 14.2 Å². The fourth-order valence-corrected chi connectivity index (χ4v) is 2.23. The Balaban J connectivity index is 2.13. The zero-order valence-electron chi connectivity index (χ0n) is 15.3. The summed E-state index contributed by atoms with van der Waals surface area (Å²) in [5.74, 6) is 0.858. The van der Waals surface area contributed by atoms with Gasteiger partial charge in [-0.2, -0.15) is 5.10 Å². The minimum Gasteiger partial charge on any atom is -0.493 e. The molecule has 6 heteroatoms. The number of methoxy groups -OCH3 is 3. The highest BCUT2D eigenvalue weighted by Crippen LogP contribution is 2.38. The van der Waals surface area contributed by atoms with Gasteiger partial charge in [0.25, 0.3) is 5.91 Å². The van der Waals surface area contributed by atoms with E-state index >= 15 is 0 Å². The summed E-state index contributed by atoms with van der Waals surface area (Å²) in [6, 6.07) is 13.0. The van der Waals surface area contributed by atoms with E-state index < -0.39 is 0 Å². The first-order chi connectivity index (χ1) is 12.6. The second-order valence-corrected chi connectivity index (χ2v) is 5.35. The number of amides is 1. The van der Waals surface area contributed by atoms with E-state index in [1.54, 1.807) is 19.1 Å². The SMILES string of the molecule is COc1cc(C(=O)NN=C(C)C=Cc2ccccc2)cc(OC)c1OC. The van der Waals surface area contributed by atoms with Gasteiger partial charge in [0.1, 0.15) is 0 Å². The minimum atomic E-state index is -0.378. The van der Waals surface area contributed by atoms with Crippen LogP contribution in [0.1, 0.15) is 22.8 Å². The number of hydrogen-bond donors (Lipinski definition) is 1. The summed E-state index contributed by atoms with van der Waals surface area (Å²) >= 11 is 0. The Labute approximate surface area is 153 Å². The van der Waals surface area contributed by atoms with Crippen molar-refractivity contribution in [2.24, 2.45) is 5.10 Å². The molecule has 0 bridgehead atoms. The Morgan fingerprint density at radius 3 is 2.15 bits per heavy atom. The topological polar surface area (TPSA) is 69.2 Å². The smallest absolute Gasteiger partial charge is 0.271 e. The van der Waals surface area contributed by atoms with Gasteiger partial charge in [-0.05, 0) is 30.7 Å². The fourth-order valence-electron chi connectivity index (χ4n) is 2.23. The van der Waals surface area contributed by atoms with Crippen LogP contribution in [0.2, 0.25) is 0 Å². The third-order valence-corrected chi connectivity index (χ3v) is 3.58. The van der Waals surface area contributed by atoms with Crippen LogP contribution in [0.3, 0.4) is 0 Å². The molecule has 6 nitrogen and oxygen atoms in total. The van der Waals surface area contributed by atoms with E-state index in [1.807, 2.05) is 42.5 Å². The molecular weight excluding hydrogens is 332 g/mol. The molecule has 0 aliphatic rings. The molecular formula is C20H22N2O4. The monoisotopic (exact) mass is 354 g/mol. The number of hydrogen-bond acceptors (Lipinski definition) is 5. The zero-order chi connectivity index (χ0) is 18.9. The number of nitrogens with zero attached hydrogens (tertiary/aromatic N) is 1. The standard InChI is InChI=1S/C20H22N2O4/c1-14(10-11-15-8-6-5-7-9-15)21-22-20(23)16-12-17(24-2)19(26-4)18(13-16)25-3/h5-13H,1-4H3,(H,22,23). The minimum absolute atomic E-state index is 0.350. The van der Waals surface area contributed by atoms with Crippen LogP contribution >= 0.6 is 0 Å². The molecule has 0 unspecified atom stereocenters. The molecule has 0 fully saturated rings. The van der Waals surface area contributed by atoms with Crippen LogP contribution in [0.25, 0.3) is 6.08 Å². The van der Waals surface area contributed by atoms with Crippen molar-refractivity contribution >= 4 is 17.7 Å². The van der Waals surface area contributed by atoms with Gasteiger partial charge in [-0.3, -0.25) is 4.79 Å². The van der Waals surface area contributed by atoms with Crippen molar-refractivity contribution < 1.29 is 19.0 Å². The summed E-state index contributed by atoms with van der Waals surface area (Å²) in [6.07, 6.45) is 3.75. The van der Waals surface area contributed by atoms with E-state index in [0.717, 1.165) is 5.56 Å². The molecule has 1 N–H and O–H groups in total. The summed E-state index contributed by atoms with van der Waals surface area (Å²) in [7, 11) is 4.50. The van der Waals surface area contributed by atoms with E-state index in [9.17, 15) is 4.79 Å². The van der Waals surface area contributed by atoms with Crippen LogP contribution in [-0.2, 0) is 0 Å². The first-order valence-electron chi connectivity index (χ1n) is 7.96. The molecule has 136 valence electrons. The Bertz CT molecular complexity index is 789. The van der Waals surface area contributed by atoms with Crippen LogP contribution in [-0.4, -0.2) is 32.9 Å². The highest BCUT2D eigenvalue weighted by atomic mass is 16.5. The van der Waals surface area contributed by atoms with Gasteiger partial charge >= 0.3 is 0 Å². The zero-order valence-corrected chi connectivity index (χ0v) is 15.3. The van der Waals surface area contributed by atoms with Crippen LogP contribution in [0.5, 0.6) is 17.2 Å². The van der Waals surface area contributed by atoms with Gasteiger partial charge in [-0.25, -0.2) is 5.43 Å². The molecule has 1 amide bonds.